The summed E-state index contributed by atoms with van der Waals surface area (Å²) in [4.78, 5) is 31.0. The Morgan fingerprint density at radius 1 is 1.03 bits per heavy atom. The molecule has 3 rings (SSSR count). The van der Waals surface area contributed by atoms with Crippen LogP contribution in [0.5, 0.6) is 11.5 Å². The van der Waals surface area contributed by atoms with Gasteiger partial charge in [0.1, 0.15) is 19.5 Å². The summed E-state index contributed by atoms with van der Waals surface area (Å²) in [6.07, 6.45) is 1.46. The summed E-state index contributed by atoms with van der Waals surface area (Å²) in [6, 6.07) is 9.96. The molecule has 1 heterocycles. The Morgan fingerprint density at radius 3 is 2.29 bits per heavy atom. The Labute approximate surface area is 181 Å². The molecule has 8 nitrogen and oxygen atoms in total. The molecule has 0 aliphatic carbocycles. The molecule has 0 unspecified atom stereocenters. The number of rotatable bonds is 9. The first-order valence-corrected chi connectivity index (χ1v) is 10.3. The third-order valence-electron chi connectivity index (χ3n) is 5.33. The Balaban J connectivity index is 1.81. The van der Waals surface area contributed by atoms with Crippen LogP contribution in [0, 0.1) is 0 Å². The summed E-state index contributed by atoms with van der Waals surface area (Å²) in [6.45, 7) is 7.36. The minimum atomic E-state index is -0.376. The first-order chi connectivity index (χ1) is 15.0. The number of nitrogens with zero attached hydrogens (tertiary/aromatic N) is 2. The van der Waals surface area contributed by atoms with E-state index in [9.17, 15) is 9.59 Å². The van der Waals surface area contributed by atoms with Crippen molar-refractivity contribution in [3.8, 4) is 17.2 Å². The number of hydrogen-bond donors (Lipinski definition) is 1. The van der Waals surface area contributed by atoms with Gasteiger partial charge in [-0.1, -0.05) is 0 Å². The molecule has 31 heavy (non-hydrogen) atoms. The summed E-state index contributed by atoms with van der Waals surface area (Å²) in [5.74, 6) is 0.584. The van der Waals surface area contributed by atoms with E-state index in [0.29, 0.717) is 40.3 Å². The average molecular weight is 426 g/mol. The normalized spacial score (nSPS) is 11.0. The Bertz CT molecular complexity index is 1100. The van der Waals surface area contributed by atoms with Crippen molar-refractivity contribution in [1.82, 2.24) is 9.55 Å². The Hall–Kier alpha value is -3.39. The molecule has 0 amide bonds. The fourth-order valence-electron chi connectivity index (χ4n) is 3.37. The quantitative estimate of drug-likeness (QED) is 0.522. The molecule has 0 spiro atoms. The number of carbonyl (C=O) groups excluding carboxylic acids is 1. The molecule has 0 atom stereocenters. The highest BCUT2D eigenvalue weighted by Crippen LogP contribution is 2.30. The molecule has 2 aromatic carbocycles. The van der Waals surface area contributed by atoms with E-state index >= 15 is 0 Å². The zero-order valence-corrected chi connectivity index (χ0v) is 18.3. The van der Waals surface area contributed by atoms with Crippen LogP contribution in [-0.2, 0) is 4.74 Å². The van der Waals surface area contributed by atoms with Crippen LogP contribution < -0.4 is 19.9 Å². The van der Waals surface area contributed by atoms with E-state index in [1.807, 2.05) is 0 Å². The monoisotopic (exact) mass is 426 g/mol. The van der Waals surface area contributed by atoms with Gasteiger partial charge < -0.3 is 19.1 Å². The van der Waals surface area contributed by atoms with Crippen molar-refractivity contribution in [1.29, 1.82) is 0 Å². The van der Waals surface area contributed by atoms with E-state index in [1.54, 1.807) is 36.4 Å². The van der Waals surface area contributed by atoms with Crippen molar-refractivity contribution in [2.45, 2.75) is 13.8 Å². The van der Waals surface area contributed by atoms with Crippen molar-refractivity contribution in [2.75, 3.05) is 40.5 Å². The molecule has 164 valence electrons. The molecule has 0 aliphatic rings. The van der Waals surface area contributed by atoms with Gasteiger partial charge in [0.15, 0.2) is 11.5 Å². The van der Waals surface area contributed by atoms with E-state index in [2.05, 4.69) is 18.8 Å². The minimum absolute atomic E-state index is 0.247. The summed E-state index contributed by atoms with van der Waals surface area (Å²) in [5, 5.41) is 0.405. The molecule has 8 heteroatoms. The molecule has 0 bridgehead atoms. The molecule has 0 radical (unpaired) electrons. The number of fused-ring (bicyclic) bond motifs is 1. The van der Waals surface area contributed by atoms with Crippen LogP contribution in [0.3, 0.4) is 0 Å². The fourth-order valence-corrected chi connectivity index (χ4v) is 3.37. The molecule has 0 saturated heterocycles. The van der Waals surface area contributed by atoms with E-state index in [-0.39, 0.29) is 11.5 Å². The van der Waals surface area contributed by atoms with E-state index < -0.39 is 0 Å². The van der Waals surface area contributed by atoms with Gasteiger partial charge in [-0.25, -0.2) is 9.78 Å². The number of esters is 1. The summed E-state index contributed by atoms with van der Waals surface area (Å²) in [7, 11) is 3.04. The molecule has 0 saturated carbocycles. The predicted molar refractivity (Wildman–Crippen MR) is 118 cm³/mol. The number of aromatic nitrogens is 2. The molecule has 1 N–H and O–H groups in total. The maximum Gasteiger partial charge on any atom is 0.338 e. The second kappa shape index (κ2) is 10.1. The van der Waals surface area contributed by atoms with Crippen molar-refractivity contribution < 1.29 is 23.9 Å². The fraction of sp³-hybridized carbons (Fsp3) is 0.348. The van der Waals surface area contributed by atoms with Crippen LogP contribution in [-0.4, -0.2) is 56.0 Å². The van der Waals surface area contributed by atoms with Gasteiger partial charge in [-0.15, -0.1) is 0 Å². The number of carbonyl (C=O) groups is 1. The van der Waals surface area contributed by atoms with E-state index in [1.165, 1.54) is 30.0 Å². The second-order valence-electron chi connectivity index (χ2n) is 7.03. The summed E-state index contributed by atoms with van der Waals surface area (Å²) < 4.78 is 17.4. The minimum Gasteiger partial charge on any atom is -0.493 e. The first-order valence-electron chi connectivity index (χ1n) is 10.3. The number of methoxy groups -OCH3 is 2. The predicted octanol–water partition coefficient (Wildman–Crippen LogP) is 1.48. The second-order valence-corrected chi connectivity index (χ2v) is 7.03. The number of hydrogen-bond acceptors (Lipinski definition) is 6. The number of nitrogens with one attached hydrogen (secondary N) is 1. The standard InChI is InChI=1S/C23H27N3O5/c1-5-25(6-2)11-12-31-23(28)16-7-9-17(10-8-16)26-15-24-19-14-21(30-4)20(29-3)13-18(19)22(26)27/h7-10,13-15H,5-6,11-12H2,1-4H3/p+1. The highest BCUT2D eigenvalue weighted by atomic mass is 16.5. The van der Waals surface area contributed by atoms with E-state index in [0.717, 1.165) is 19.6 Å². The highest BCUT2D eigenvalue weighted by molar-refractivity contribution is 5.89. The number of ether oxygens (including phenoxy) is 3. The lowest BCUT2D eigenvalue weighted by Crippen LogP contribution is -3.11. The zero-order valence-electron chi connectivity index (χ0n) is 18.3. The van der Waals surface area contributed by atoms with Gasteiger partial charge in [-0.05, 0) is 44.2 Å². The van der Waals surface area contributed by atoms with Gasteiger partial charge in [0.05, 0.1) is 49.5 Å². The van der Waals surface area contributed by atoms with Crippen molar-refractivity contribution in [3.63, 3.8) is 0 Å². The average Bonchev–Trinajstić information content (AvgIpc) is 2.81. The first kappa shape index (κ1) is 22.3. The van der Waals surface area contributed by atoms with Crippen LogP contribution in [0.25, 0.3) is 16.6 Å². The zero-order chi connectivity index (χ0) is 22.4. The topological polar surface area (TPSA) is 84.1 Å². The van der Waals surface area contributed by atoms with Crippen LogP contribution in [0.1, 0.15) is 24.2 Å². The number of quaternary nitrogens is 1. The lowest BCUT2D eigenvalue weighted by Gasteiger charge is -2.15. The maximum atomic E-state index is 13.0. The van der Waals surface area contributed by atoms with Crippen LogP contribution in [0.15, 0.2) is 47.5 Å². The number of benzene rings is 2. The van der Waals surface area contributed by atoms with Gasteiger partial charge >= 0.3 is 5.97 Å². The van der Waals surface area contributed by atoms with Crippen LogP contribution in [0.4, 0.5) is 0 Å². The highest BCUT2D eigenvalue weighted by Gasteiger charge is 2.13. The van der Waals surface area contributed by atoms with Gasteiger partial charge in [0.25, 0.3) is 5.56 Å². The van der Waals surface area contributed by atoms with Gasteiger partial charge in [-0.2, -0.15) is 0 Å². The number of likely N-dealkylation sites (N-methyl/N-ethyl adjacent to an activating group) is 1. The van der Waals surface area contributed by atoms with Crippen molar-refractivity contribution >= 4 is 16.9 Å². The molecule has 0 fully saturated rings. The van der Waals surface area contributed by atoms with E-state index in [4.69, 9.17) is 14.2 Å². The molecule has 1 aromatic heterocycles. The lowest BCUT2D eigenvalue weighted by atomic mass is 10.2. The van der Waals surface area contributed by atoms with Crippen LogP contribution in [0.2, 0.25) is 0 Å². The maximum absolute atomic E-state index is 13.0. The van der Waals surface area contributed by atoms with Gasteiger partial charge in [0.2, 0.25) is 0 Å². The molecular weight excluding hydrogens is 398 g/mol. The van der Waals surface area contributed by atoms with Gasteiger partial charge in [0, 0.05) is 6.07 Å². The third kappa shape index (κ3) is 4.86. The Morgan fingerprint density at radius 2 is 1.68 bits per heavy atom. The van der Waals surface area contributed by atoms with Crippen LogP contribution >= 0.6 is 0 Å². The largest absolute Gasteiger partial charge is 0.493 e. The molecule has 0 aliphatic heterocycles. The van der Waals surface area contributed by atoms with Gasteiger partial charge in [-0.3, -0.25) is 9.36 Å². The molecule has 3 aromatic rings. The third-order valence-corrected chi connectivity index (χ3v) is 5.33. The van der Waals surface area contributed by atoms with Crippen molar-refractivity contribution in [3.05, 3.63) is 58.6 Å². The SMILES string of the molecule is CC[NH+](CC)CCOC(=O)c1ccc(-n2cnc3cc(OC)c(OC)cc3c2=O)cc1. The smallest absolute Gasteiger partial charge is 0.338 e. The summed E-state index contributed by atoms with van der Waals surface area (Å²) >= 11 is 0. The lowest BCUT2D eigenvalue weighted by molar-refractivity contribution is -0.896. The summed E-state index contributed by atoms with van der Waals surface area (Å²) in [5.41, 5.74) is 1.29. The Kier molecular flexibility index (Phi) is 7.25. The van der Waals surface area contributed by atoms with Crippen molar-refractivity contribution in [2.24, 2.45) is 0 Å². The molecular formula is C23H28N3O5+.